The quantitative estimate of drug-likeness (QED) is 0.891. The molecule has 1 aromatic carbocycles. The first kappa shape index (κ1) is 13.9. The van der Waals surface area contributed by atoms with Crippen molar-refractivity contribution < 1.29 is 4.74 Å². The monoisotopic (exact) mass is 273 g/mol. The van der Waals surface area contributed by atoms with Crippen molar-refractivity contribution in [3.8, 4) is 5.75 Å². The molecule has 1 aromatic rings. The smallest absolute Gasteiger partial charge is 0.119 e. The molecule has 0 amide bonds. The second-order valence-electron chi connectivity index (χ2n) is 6.43. The maximum atomic E-state index is 5.95. The summed E-state index contributed by atoms with van der Waals surface area (Å²) in [7, 11) is 0. The van der Waals surface area contributed by atoms with Crippen molar-refractivity contribution in [3.63, 3.8) is 0 Å². The van der Waals surface area contributed by atoms with Gasteiger partial charge in [-0.05, 0) is 55.8 Å². The standard InChI is InChI=1S/C18H27NO/c1-2-6-16(7-3-1)17-8-10-18(11-9-17)20-14-15-5-4-12-19-13-15/h8-11,15-16,19H,1-7,12-14H2. The summed E-state index contributed by atoms with van der Waals surface area (Å²) in [5.41, 5.74) is 1.51. The van der Waals surface area contributed by atoms with Gasteiger partial charge in [0.25, 0.3) is 0 Å². The molecule has 1 N–H and O–H groups in total. The van der Waals surface area contributed by atoms with E-state index >= 15 is 0 Å². The zero-order valence-corrected chi connectivity index (χ0v) is 12.4. The first-order valence-corrected chi connectivity index (χ1v) is 8.35. The third-order valence-electron chi connectivity index (χ3n) is 4.84. The van der Waals surface area contributed by atoms with Crippen LogP contribution in [0.25, 0.3) is 0 Å². The number of hydrogen-bond donors (Lipinski definition) is 1. The van der Waals surface area contributed by atoms with Crippen molar-refractivity contribution in [2.45, 2.75) is 50.9 Å². The van der Waals surface area contributed by atoms with Gasteiger partial charge in [0.05, 0.1) is 6.61 Å². The fraction of sp³-hybridized carbons (Fsp3) is 0.667. The van der Waals surface area contributed by atoms with E-state index in [9.17, 15) is 0 Å². The van der Waals surface area contributed by atoms with Crippen molar-refractivity contribution in [3.05, 3.63) is 29.8 Å². The maximum Gasteiger partial charge on any atom is 0.119 e. The molecule has 20 heavy (non-hydrogen) atoms. The Balaban J connectivity index is 1.50. The molecule has 1 aliphatic carbocycles. The molecular formula is C18H27NO. The van der Waals surface area contributed by atoms with Crippen molar-refractivity contribution in [2.75, 3.05) is 19.7 Å². The van der Waals surface area contributed by atoms with Gasteiger partial charge in [0.15, 0.2) is 0 Å². The van der Waals surface area contributed by atoms with Crippen molar-refractivity contribution in [1.82, 2.24) is 5.32 Å². The highest BCUT2D eigenvalue weighted by Crippen LogP contribution is 2.33. The summed E-state index contributed by atoms with van der Waals surface area (Å²) < 4.78 is 5.95. The SMILES string of the molecule is c1cc(C2CCCCC2)ccc1OCC1CCCNC1. The second-order valence-corrected chi connectivity index (χ2v) is 6.43. The molecule has 1 saturated heterocycles. The average molecular weight is 273 g/mol. The molecule has 0 bridgehead atoms. The summed E-state index contributed by atoms with van der Waals surface area (Å²) >= 11 is 0. The van der Waals surface area contributed by atoms with Crippen LogP contribution in [0.5, 0.6) is 5.75 Å². The molecule has 110 valence electrons. The van der Waals surface area contributed by atoms with Gasteiger partial charge in [-0.1, -0.05) is 31.4 Å². The Kier molecular flexibility index (Phi) is 4.96. The lowest BCUT2D eigenvalue weighted by atomic mass is 9.84. The third-order valence-corrected chi connectivity index (χ3v) is 4.84. The van der Waals surface area contributed by atoms with E-state index < -0.39 is 0 Å². The predicted octanol–water partition coefficient (Wildman–Crippen LogP) is 4.11. The van der Waals surface area contributed by atoms with E-state index in [1.165, 1.54) is 57.1 Å². The van der Waals surface area contributed by atoms with Crippen LogP contribution in [0.1, 0.15) is 56.4 Å². The molecule has 1 unspecified atom stereocenters. The highest BCUT2D eigenvalue weighted by Gasteiger charge is 2.16. The lowest BCUT2D eigenvalue weighted by Crippen LogP contribution is -2.33. The Labute approximate surface area is 122 Å². The summed E-state index contributed by atoms with van der Waals surface area (Å²) in [4.78, 5) is 0. The maximum absolute atomic E-state index is 5.95. The van der Waals surface area contributed by atoms with Gasteiger partial charge in [0.1, 0.15) is 5.75 Å². The van der Waals surface area contributed by atoms with E-state index in [2.05, 4.69) is 29.6 Å². The molecule has 0 radical (unpaired) electrons. The number of rotatable bonds is 4. The lowest BCUT2D eigenvalue weighted by Gasteiger charge is -2.23. The van der Waals surface area contributed by atoms with Crippen LogP contribution in [0.4, 0.5) is 0 Å². The summed E-state index contributed by atoms with van der Waals surface area (Å²) in [6.45, 7) is 3.14. The number of benzene rings is 1. The summed E-state index contributed by atoms with van der Waals surface area (Å²) in [5, 5.41) is 3.44. The van der Waals surface area contributed by atoms with Crippen LogP contribution in [-0.4, -0.2) is 19.7 Å². The van der Waals surface area contributed by atoms with Crippen LogP contribution >= 0.6 is 0 Å². The van der Waals surface area contributed by atoms with E-state index in [0.29, 0.717) is 5.92 Å². The minimum Gasteiger partial charge on any atom is -0.493 e. The molecule has 1 aliphatic heterocycles. The minimum atomic E-state index is 0.682. The topological polar surface area (TPSA) is 21.3 Å². The molecule has 1 saturated carbocycles. The van der Waals surface area contributed by atoms with Gasteiger partial charge in [-0.2, -0.15) is 0 Å². The van der Waals surface area contributed by atoms with Gasteiger partial charge in [-0.25, -0.2) is 0 Å². The third kappa shape index (κ3) is 3.76. The molecule has 2 aliphatic rings. The van der Waals surface area contributed by atoms with E-state index in [0.717, 1.165) is 24.8 Å². The number of ether oxygens (including phenoxy) is 1. The fourth-order valence-corrected chi connectivity index (χ4v) is 3.55. The number of hydrogen-bond acceptors (Lipinski definition) is 2. The molecule has 0 aromatic heterocycles. The highest BCUT2D eigenvalue weighted by atomic mass is 16.5. The molecule has 2 fully saturated rings. The second kappa shape index (κ2) is 7.12. The molecule has 2 heteroatoms. The largest absolute Gasteiger partial charge is 0.493 e. The Morgan fingerprint density at radius 1 is 0.950 bits per heavy atom. The van der Waals surface area contributed by atoms with Gasteiger partial charge in [-0.3, -0.25) is 0 Å². The van der Waals surface area contributed by atoms with Crippen LogP contribution in [0, 0.1) is 5.92 Å². The van der Waals surface area contributed by atoms with Gasteiger partial charge in [-0.15, -0.1) is 0 Å². The highest BCUT2D eigenvalue weighted by molar-refractivity contribution is 5.29. The van der Waals surface area contributed by atoms with Crippen LogP contribution in [0.15, 0.2) is 24.3 Å². The van der Waals surface area contributed by atoms with Crippen LogP contribution in [-0.2, 0) is 0 Å². The van der Waals surface area contributed by atoms with Gasteiger partial charge in [0.2, 0.25) is 0 Å². The van der Waals surface area contributed by atoms with Crippen molar-refractivity contribution >= 4 is 0 Å². The normalized spacial score (nSPS) is 24.5. The molecule has 0 spiro atoms. The first-order chi connectivity index (χ1) is 9.92. The Hall–Kier alpha value is -1.02. The van der Waals surface area contributed by atoms with E-state index in [1.54, 1.807) is 0 Å². The Morgan fingerprint density at radius 2 is 1.75 bits per heavy atom. The molecular weight excluding hydrogens is 246 g/mol. The molecule has 2 nitrogen and oxygen atoms in total. The molecule has 1 atom stereocenters. The van der Waals surface area contributed by atoms with Crippen LogP contribution < -0.4 is 10.1 Å². The Morgan fingerprint density at radius 3 is 2.45 bits per heavy atom. The summed E-state index contributed by atoms with van der Waals surface area (Å²) in [5.74, 6) is 2.51. The van der Waals surface area contributed by atoms with Gasteiger partial charge < -0.3 is 10.1 Å². The lowest BCUT2D eigenvalue weighted by molar-refractivity contribution is 0.218. The molecule has 3 rings (SSSR count). The zero-order valence-electron chi connectivity index (χ0n) is 12.4. The van der Waals surface area contributed by atoms with Gasteiger partial charge >= 0.3 is 0 Å². The summed E-state index contributed by atoms with van der Waals surface area (Å²) in [6, 6.07) is 8.90. The zero-order chi connectivity index (χ0) is 13.6. The Bertz CT molecular complexity index is 388. The minimum absolute atomic E-state index is 0.682. The van der Waals surface area contributed by atoms with Crippen molar-refractivity contribution in [1.29, 1.82) is 0 Å². The fourth-order valence-electron chi connectivity index (χ4n) is 3.55. The van der Waals surface area contributed by atoms with Gasteiger partial charge in [0, 0.05) is 12.5 Å². The number of nitrogens with one attached hydrogen (secondary N) is 1. The summed E-state index contributed by atoms with van der Waals surface area (Å²) in [6.07, 6.45) is 9.55. The van der Waals surface area contributed by atoms with Crippen molar-refractivity contribution in [2.24, 2.45) is 5.92 Å². The van der Waals surface area contributed by atoms with E-state index in [1.807, 2.05) is 0 Å². The van der Waals surface area contributed by atoms with Crippen LogP contribution in [0.3, 0.4) is 0 Å². The van der Waals surface area contributed by atoms with Crippen LogP contribution in [0.2, 0.25) is 0 Å². The number of piperidine rings is 1. The molecule has 1 heterocycles. The first-order valence-electron chi connectivity index (χ1n) is 8.35. The predicted molar refractivity (Wildman–Crippen MR) is 83.4 cm³/mol. The van der Waals surface area contributed by atoms with E-state index in [4.69, 9.17) is 4.74 Å². The average Bonchev–Trinajstić information content (AvgIpc) is 2.55. The van der Waals surface area contributed by atoms with E-state index in [-0.39, 0.29) is 0 Å².